The van der Waals surface area contributed by atoms with Gasteiger partial charge in [-0.25, -0.2) is 0 Å². The number of nitrogens with zero attached hydrogens (tertiary/aromatic N) is 1. The van der Waals surface area contributed by atoms with Gasteiger partial charge in [0.25, 0.3) is 0 Å². The van der Waals surface area contributed by atoms with Crippen molar-refractivity contribution < 1.29 is 4.79 Å². The Bertz CT molecular complexity index is 776. The first-order valence-electron chi connectivity index (χ1n) is 9.14. The number of hydrogen-bond acceptors (Lipinski definition) is 4. The minimum Gasteiger partial charge on any atom is -0.325 e. The number of halogens is 1. The Hall–Kier alpha value is -1.14. The molecule has 1 atom stereocenters. The van der Waals surface area contributed by atoms with Gasteiger partial charge in [0.15, 0.2) is 0 Å². The molecule has 1 aliphatic rings. The summed E-state index contributed by atoms with van der Waals surface area (Å²) in [5.74, 6) is 2.45. The number of nitrogens with one attached hydrogen (secondary N) is 1. The highest BCUT2D eigenvalue weighted by Gasteiger charge is 2.16. The second kappa shape index (κ2) is 9.87. The highest BCUT2D eigenvalue weighted by Crippen LogP contribution is 2.26. The van der Waals surface area contributed by atoms with Crippen molar-refractivity contribution in [3.05, 3.63) is 58.6 Å². The average Bonchev–Trinajstić information content (AvgIpc) is 2.66. The summed E-state index contributed by atoms with van der Waals surface area (Å²) in [5, 5.41) is 3.59. The second-order valence-electron chi connectivity index (χ2n) is 6.74. The first-order valence-corrected chi connectivity index (χ1v) is 11.6. The van der Waals surface area contributed by atoms with Gasteiger partial charge >= 0.3 is 0 Å². The largest absolute Gasteiger partial charge is 0.325 e. The Balaban J connectivity index is 1.57. The highest BCUT2D eigenvalue weighted by atomic mass is 35.5. The van der Waals surface area contributed by atoms with E-state index in [4.69, 9.17) is 11.6 Å². The lowest BCUT2D eigenvalue weighted by atomic mass is 10.1. The summed E-state index contributed by atoms with van der Waals surface area (Å²) < 4.78 is 0. The molecule has 3 nitrogen and oxygen atoms in total. The smallest absolute Gasteiger partial charge is 0.237 e. The van der Waals surface area contributed by atoms with E-state index in [2.05, 4.69) is 29.3 Å². The highest BCUT2D eigenvalue weighted by molar-refractivity contribution is 8.00. The van der Waals surface area contributed by atoms with E-state index in [1.54, 1.807) is 0 Å². The van der Waals surface area contributed by atoms with Gasteiger partial charge in [0, 0.05) is 46.7 Å². The van der Waals surface area contributed by atoms with E-state index < -0.39 is 0 Å². The molecule has 2 aromatic rings. The quantitative estimate of drug-likeness (QED) is 0.641. The number of carbonyl (C=O) groups is 1. The molecular weight excluding hydrogens is 396 g/mol. The zero-order valence-corrected chi connectivity index (χ0v) is 18.1. The van der Waals surface area contributed by atoms with Crippen LogP contribution in [0.25, 0.3) is 0 Å². The summed E-state index contributed by atoms with van der Waals surface area (Å²) in [7, 11) is 0. The molecule has 2 aromatic carbocycles. The molecule has 1 amide bonds. The molecule has 6 heteroatoms. The summed E-state index contributed by atoms with van der Waals surface area (Å²) in [4.78, 5) is 16.1. The lowest BCUT2D eigenvalue weighted by molar-refractivity contribution is -0.115. The zero-order chi connectivity index (χ0) is 19.2. The summed E-state index contributed by atoms with van der Waals surface area (Å²) in [6.07, 6.45) is 0. The lowest BCUT2D eigenvalue weighted by Crippen LogP contribution is -2.32. The molecule has 1 N–H and O–H groups in total. The van der Waals surface area contributed by atoms with Crippen LogP contribution in [0, 0.1) is 6.92 Å². The summed E-state index contributed by atoms with van der Waals surface area (Å²) in [5.41, 5.74) is 3.30. The van der Waals surface area contributed by atoms with Crippen LogP contribution in [0.15, 0.2) is 47.4 Å². The number of anilines is 1. The van der Waals surface area contributed by atoms with Gasteiger partial charge in [-0.15, -0.1) is 11.8 Å². The number of amides is 1. The third-order valence-electron chi connectivity index (χ3n) is 4.55. The van der Waals surface area contributed by atoms with Gasteiger partial charge < -0.3 is 5.32 Å². The number of rotatable bonds is 6. The molecule has 0 aliphatic carbocycles. The van der Waals surface area contributed by atoms with E-state index in [1.165, 1.54) is 28.8 Å². The second-order valence-corrected chi connectivity index (χ2v) is 9.82. The van der Waals surface area contributed by atoms with Crippen LogP contribution in [0.4, 0.5) is 5.69 Å². The number of aryl methyl sites for hydroxylation is 1. The summed E-state index contributed by atoms with van der Waals surface area (Å²) in [6.45, 7) is 7.27. The van der Waals surface area contributed by atoms with Crippen LogP contribution in [0.5, 0.6) is 0 Å². The Morgan fingerprint density at radius 2 is 1.93 bits per heavy atom. The summed E-state index contributed by atoms with van der Waals surface area (Å²) in [6, 6.07) is 13.9. The van der Waals surface area contributed by atoms with Crippen molar-refractivity contribution in [2.75, 3.05) is 29.9 Å². The van der Waals surface area contributed by atoms with Crippen LogP contribution in [0.2, 0.25) is 5.02 Å². The zero-order valence-electron chi connectivity index (χ0n) is 15.7. The predicted molar refractivity (Wildman–Crippen MR) is 119 cm³/mol. The lowest BCUT2D eigenvalue weighted by Gasteiger charge is -2.26. The SMILES string of the molecule is Cc1cc(CN2CCSCC2)ccc1NC(=O)C(C)Sc1ccc(Cl)cc1. The number of thioether (sulfide) groups is 2. The Morgan fingerprint density at radius 1 is 1.22 bits per heavy atom. The van der Waals surface area contributed by atoms with Crippen molar-refractivity contribution in [3.8, 4) is 0 Å². The molecule has 1 saturated heterocycles. The van der Waals surface area contributed by atoms with Crippen molar-refractivity contribution in [3.63, 3.8) is 0 Å². The molecule has 1 aliphatic heterocycles. The fourth-order valence-corrected chi connectivity index (χ4v) is 4.96. The van der Waals surface area contributed by atoms with Gasteiger partial charge in [-0.3, -0.25) is 9.69 Å². The number of benzene rings is 2. The molecule has 0 spiro atoms. The van der Waals surface area contributed by atoms with E-state index >= 15 is 0 Å². The van der Waals surface area contributed by atoms with Crippen LogP contribution in [0.3, 0.4) is 0 Å². The molecule has 144 valence electrons. The van der Waals surface area contributed by atoms with Crippen LogP contribution in [-0.2, 0) is 11.3 Å². The van der Waals surface area contributed by atoms with E-state index in [0.29, 0.717) is 5.02 Å². The fraction of sp³-hybridized carbons (Fsp3) is 0.381. The molecule has 1 unspecified atom stereocenters. The van der Waals surface area contributed by atoms with Gasteiger partial charge in [-0.1, -0.05) is 23.7 Å². The number of hydrogen-bond donors (Lipinski definition) is 1. The topological polar surface area (TPSA) is 32.3 Å². The molecule has 0 radical (unpaired) electrons. The Morgan fingerprint density at radius 3 is 2.59 bits per heavy atom. The first-order chi connectivity index (χ1) is 13.0. The third-order valence-corrected chi connectivity index (χ3v) is 6.86. The van der Waals surface area contributed by atoms with Gasteiger partial charge in [0.05, 0.1) is 5.25 Å². The maximum atomic E-state index is 12.6. The van der Waals surface area contributed by atoms with Crippen LogP contribution >= 0.6 is 35.1 Å². The first kappa shape index (κ1) is 20.6. The van der Waals surface area contributed by atoms with Crippen molar-refractivity contribution >= 4 is 46.7 Å². The van der Waals surface area contributed by atoms with E-state index in [1.807, 2.05) is 49.0 Å². The molecule has 0 saturated carbocycles. The van der Waals surface area contributed by atoms with Gasteiger partial charge in [0.2, 0.25) is 5.91 Å². The molecule has 27 heavy (non-hydrogen) atoms. The molecule has 0 bridgehead atoms. The number of carbonyl (C=O) groups excluding carboxylic acids is 1. The summed E-state index contributed by atoms with van der Waals surface area (Å²) >= 11 is 9.48. The van der Waals surface area contributed by atoms with Crippen molar-refractivity contribution in [1.29, 1.82) is 0 Å². The normalized spacial score (nSPS) is 16.1. The van der Waals surface area contributed by atoms with Crippen molar-refractivity contribution in [2.45, 2.75) is 30.5 Å². The standard InChI is InChI=1S/C21H25ClN2OS2/c1-15-13-17(14-24-9-11-26-12-10-24)3-8-20(15)23-21(25)16(2)27-19-6-4-18(22)5-7-19/h3-8,13,16H,9-12,14H2,1-2H3,(H,23,25). The third kappa shape index (κ3) is 6.18. The van der Waals surface area contributed by atoms with Gasteiger partial charge in [0.1, 0.15) is 0 Å². The monoisotopic (exact) mass is 420 g/mol. The molecule has 1 fully saturated rings. The Labute approximate surface area is 175 Å². The average molecular weight is 421 g/mol. The predicted octanol–water partition coefficient (Wildman–Crippen LogP) is 5.32. The van der Waals surface area contributed by atoms with Crippen LogP contribution < -0.4 is 5.32 Å². The Kier molecular flexibility index (Phi) is 7.53. The van der Waals surface area contributed by atoms with Crippen molar-refractivity contribution in [2.24, 2.45) is 0 Å². The van der Waals surface area contributed by atoms with Crippen LogP contribution in [-0.4, -0.2) is 40.7 Å². The maximum absolute atomic E-state index is 12.6. The fourth-order valence-electron chi connectivity index (χ4n) is 2.99. The van der Waals surface area contributed by atoms with Gasteiger partial charge in [-0.2, -0.15) is 11.8 Å². The molecule has 0 aromatic heterocycles. The minimum absolute atomic E-state index is 0.0128. The molecular formula is C21H25ClN2OS2. The molecule has 1 heterocycles. The van der Waals surface area contributed by atoms with Crippen LogP contribution in [0.1, 0.15) is 18.1 Å². The van der Waals surface area contributed by atoms with Crippen molar-refractivity contribution in [1.82, 2.24) is 4.90 Å². The minimum atomic E-state index is -0.184. The van der Waals surface area contributed by atoms with E-state index in [-0.39, 0.29) is 11.2 Å². The molecule has 3 rings (SSSR count). The van der Waals surface area contributed by atoms with Gasteiger partial charge in [-0.05, 0) is 55.3 Å². The van der Waals surface area contributed by atoms with E-state index in [9.17, 15) is 4.79 Å². The van der Waals surface area contributed by atoms with E-state index in [0.717, 1.165) is 35.8 Å². The maximum Gasteiger partial charge on any atom is 0.237 e.